The van der Waals surface area contributed by atoms with Gasteiger partial charge in [0.2, 0.25) is 0 Å². The Hall–Kier alpha value is -3.72. The zero-order valence-corrected chi connectivity index (χ0v) is 22.7. The predicted octanol–water partition coefficient (Wildman–Crippen LogP) is 11.3. The van der Waals surface area contributed by atoms with Gasteiger partial charge in [-0.3, -0.25) is 0 Å². The monoisotopic (exact) mass is 522 g/mol. The van der Waals surface area contributed by atoms with Gasteiger partial charge in [-0.25, -0.2) is 0 Å². The van der Waals surface area contributed by atoms with Crippen molar-refractivity contribution in [2.75, 3.05) is 0 Å². The van der Waals surface area contributed by atoms with E-state index in [1.807, 2.05) is 22.7 Å². The van der Waals surface area contributed by atoms with Crippen molar-refractivity contribution in [1.82, 2.24) is 0 Å². The van der Waals surface area contributed by atoms with E-state index in [9.17, 15) is 0 Å². The largest absolute Gasteiger partial charge is 0.135 e. The van der Waals surface area contributed by atoms with Crippen LogP contribution in [0.1, 0.15) is 36.8 Å². The van der Waals surface area contributed by atoms with E-state index in [0.29, 0.717) is 0 Å². The Morgan fingerprint density at radius 3 is 1.39 bits per heavy atom. The first-order valence-electron chi connectivity index (χ1n) is 13.5. The smallest absolute Gasteiger partial charge is 0.0430 e. The number of benzene rings is 4. The van der Waals surface area contributed by atoms with Crippen molar-refractivity contribution in [1.29, 1.82) is 0 Å². The zero-order valence-electron chi connectivity index (χ0n) is 21.0. The lowest BCUT2D eigenvalue weighted by atomic mass is 9.85. The van der Waals surface area contributed by atoms with Crippen molar-refractivity contribution in [2.45, 2.75) is 25.7 Å². The molecule has 2 heteroatoms. The number of allylic oxidation sites excluding steroid dienone is 8. The number of hydrogen-bond donors (Lipinski definition) is 0. The van der Waals surface area contributed by atoms with E-state index < -0.39 is 0 Å². The minimum absolute atomic E-state index is 1.09. The molecule has 0 saturated carbocycles. The van der Waals surface area contributed by atoms with Crippen LogP contribution in [0.25, 0.3) is 51.5 Å². The molecule has 2 aliphatic carbocycles. The Kier molecular flexibility index (Phi) is 5.24. The Morgan fingerprint density at radius 2 is 0.895 bits per heavy atom. The summed E-state index contributed by atoms with van der Waals surface area (Å²) in [5.74, 6) is 0. The fourth-order valence-corrected chi connectivity index (χ4v) is 8.73. The van der Waals surface area contributed by atoms with Gasteiger partial charge in [-0.1, -0.05) is 97.1 Å². The fourth-order valence-electron chi connectivity index (χ4n) is 6.23. The molecular weight excluding hydrogens is 497 g/mol. The van der Waals surface area contributed by atoms with Crippen molar-refractivity contribution in [3.63, 3.8) is 0 Å². The molecule has 0 nitrogen and oxygen atoms in total. The normalized spacial score (nSPS) is 16.1. The lowest BCUT2D eigenvalue weighted by Gasteiger charge is -2.20. The van der Waals surface area contributed by atoms with Gasteiger partial charge in [0.25, 0.3) is 0 Å². The highest BCUT2D eigenvalue weighted by molar-refractivity contribution is 7.26. The minimum atomic E-state index is 1.09. The average Bonchev–Trinajstić information content (AvgIpc) is 3.56. The molecule has 0 spiro atoms. The van der Waals surface area contributed by atoms with Crippen molar-refractivity contribution in [3.05, 3.63) is 132 Å². The Bertz CT molecular complexity index is 1870. The lowest BCUT2D eigenvalue weighted by Crippen LogP contribution is -1.99. The van der Waals surface area contributed by atoms with Gasteiger partial charge in [-0.05, 0) is 71.2 Å². The van der Waals surface area contributed by atoms with Crippen LogP contribution in [0.2, 0.25) is 0 Å². The molecule has 8 rings (SSSR count). The molecule has 2 heterocycles. The van der Waals surface area contributed by atoms with E-state index in [1.165, 1.54) is 73.8 Å². The SMILES string of the molecule is C1=C(C2=CCCC(c3cccc4c3sc3ccccc34)=C2)C=C(c2cccc3c2sc2ccccc23)CC1. The molecule has 0 atom stereocenters. The van der Waals surface area contributed by atoms with Crippen LogP contribution >= 0.6 is 22.7 Å². The van der Waals surface area contributed by atoms with Gasteiger partial charge in [-0.2, -0.15) is 0 Å². The molecule has 0 amide bonds. The van der Waals surface area contributed by atoms with Gasteiger partial charge in [0.15, 0.2) is 0 Å². The summed E-state index contributed by atoms with van der Waals surface area (Å²) in [5, 5.41) is 5.52. The van der Waals surface area contributed by atoms with E-state index >= 15 is 0 Å². The van der Waals surface area contributed by atoms with Crippen LogP contribution < -0.4 is 0 Å². The van der Waals surface area contributed by atoms with Crippen LogP contribution in [0.15, 0.2) is 120 Å². The van der Waals surface area contributed by atoms with Gasteiger partial charge < -0.3 is 0 Å². The third-order valence-electron chi connectivity index (χ3n) is 8.05. The molecule has 2 aromatic heterocycles. The summed E-state index contributed by atoms with van der Waals surface area (Å²) in [4.78, 5) is 0. The topological polar surface area (TPSA) is 0 Å². The molecular formula is C36H26S2. The Balaban J connectivity index is 1.20. The summed E-state index contributed by atoms with van der Waals surface area (Å²) in [7, 11) is 0. The summed E-state index contributed by atoms with van der Waals surface area (Å²) in [6, 6.07) is 31.3. The fraction of sp³-hybridized carbons (Fsp3) is 0.111. The van der Waals surface area contributed by atoms with E-state index in [4.69, 9.17) is 0 Å². The number of rotatable bonds is 3. The van der Waals surface area contributed by atoms with E-state index in [-0.39, 0.29) is 0 Å². The van der Waals surface area contributed by atoms with Gasteiger partial charge in [0.1, 0.15) is 0 Å². The molecule has 182 valence electrons. The van der Waals surface area contributed by atoms with Crippen LogP contribution in [0.5, 0.6) is 0 Å². The van der Waals surface area contributed by atoms with E-state index in [1.54, 1.807) is 0 Å². The first-order valence-corrected chi connectivity index (χ1v) is 15.1. The molecule has 0 aliphatic heterocycles. The van der Waals surface area contributed by atoms with Gasteiger partial charge in [0, 0.05) is 40.3 Å². The van der Waals surface area contributed by atoms with Crippen LogP contribution in [-0.2, 0) is 0 Å². The highest BCUT2D eigenvalue weighted by Gasteiger charge is 2.18. The third kappa shape index (κ3) is 3.55. The highest BCUT2D eigenvalue weighted by Crippen LogP contribution is 2.43. The van der Waals surface area contributed by atoms with Gasteiger partial charge >= 0.3 is 0 Å². The molecule has 0 unspecified atom stereocenters. The first-order chi connectivity index (χ1) is 18.8. The lowest BCUT2D eigenvalue weighted by molar-refractivity contribution is 1.02. The maximum atomic E-state index is 2.47. The summed E-state index contributed by atoms with van der Waals surface area (Å²) < 4.78 is 5.60. The maximum absolute atomic E-state index is 2.47. The zero-order chi connectivity index (χ0) is 25.1. The van der Waals surface area contributed by atoms with Crippen molar-refractivity contribution in [3.8, 4) is 0 Å². The van der Waals surface area contributed by atoms with Crippen molar-refractivity contribution < 1.29 is 0 Å². The predicted molar refractivity (Wildman–Crippen MR) is 169 cm³/mol. The van der Waals surface area contributed by atoms with Crippen LogP contribution in [-0.4, -0.2) is 0 Å². The average molecular weight is 523 g/mol. The summed E-state index contributed by atoms with van der Waals surface area (Å²) in [5.41, 5.74) is 8.51. The summed E-state index contributed by atoms with van der Waals surface area (Å²) in [6.07, 6.45) is 14.2. The van der Waals surface area contributed by atoms with Crippen molar-refractivity contribution >= 4 is 74.2 Å². The first kappa shape index (κ1) is 22.3. The molecule has 4 aromatic carbocycles. The van der Waals surface area contributed by atoms with Gasteiger partial charge in [-0.15, -0.1) is 22.7 Å². The molecule has 38 heavy (non-hydrogen) atoms. The number of fused-ring (bicyclic) bond motifs is 6. The molecule has 0 radical (unpaired) electrons. The van der Waals surface area contributed by atoms with Crippen LogP contribution in [0.4, 0.5) is 0 Å². The molecule has 0 fully saturated rings. The minimum Gasteiger partial charge on any atom is -0.135 e. The van der Waals surface area contributed by atoms with Crippen LogP contribution in [0.3, 0.4) is 0 Å². The summed E-state index contributed by atoms with van der Waals surface area (Å²) in [6.45, 7) is 0. The van der Waals surface area contributed by atoms with Crippen molar-refractivity contribution in [2.24, 2.45) is 0 Å². The van der Waals surface area contributed by atoms with E-state index in [0.717, 1.165) is 25.7 Å². The molecule has 0 bridgehead atoms. The molecule has 6 aromatic rings. The van der Waals surface area contributed by atoms with Gasteiger partial charge in [0.05, 0.1) is 0 Å². The molecule has 2 aliphatic rings. The number of thiophene rings is 2. The maximum Gasteiger partial charge on any atom is 0.0430 e. The quantitative estimate of drug-likeness (QED) is 0.217. The second-order valence-corrected chi connectivity index (χ2v) is 12.4. The second-order valence-electron chi connectivity index (χ2n) is 10.3. The Morgan fingerprint density at radius 1 is 0.447 bits per heavy atom. The van der Waals surface area contributed by atoms with Crippen LogP contribution in [0, 0.1) is 0 Å². The number of hydrogen-bond acceptors (Lipinski definition) is 2. The molecule has 0 N–H and O–H groups in total. The van der Waals surface area contributed by atoms with E-state index in [2.05, 4.69) is 109 Å². The standard InChI is InChI=1S/C36H26S2/c1-3-19-33-29(13-1)31-17-7-15-27(35(31)37-33)25-11-5-9-23(21-25)24-10-6-12-26(22-24)28-16-8-18-32-30-14-2-4-20-34(30)38-36(28)32/h1-4,7-10,13-22H,5-6,11-12H2. The highest BCUT2D eigenvalue weighted by atomic mass is 32.1. The Labute approximate surface area is 230 Å². The second kappa shape index (κ2) is 8.94. The molecule has 0 saturated heterocycles. The summed E-state index contributed by atoms with van der Waals surface area (Å²) >= 11 is 3.87. The third-order valence-corrected chi connectivity index (χ3v) is 10.5.